The highest BCUT2D eigenvalue weighted by molar-refractivity contribution is 7.34. The molecule has 0 N–H and O–H groups in total. The number of carbonyl (C=O) groups excluding carboxylic acids is 1. The molecule has 5 heteroatoms. The average molecular weight is 526 g/mol. The van der Waals surface area contributed by atoms with Gasteiger partial charge in [-0.1, -0.05) is 93.7 Å². The minimum absolute atomic E-state index is 0.401. The fourth-order valence-electron chi connectivity index (χ4n) is 4.53. The second kappa shape index (κ2) is 27.4. The molecule has 0 aromatic rings. The van der Waals surface area contributed by atoms with Crippen molar-refractivity contribution >= 4 is 14.6 Å². The fraction of sp³-hybridized carbons (Fsp3) is 0.935. The molecule has 214 valence electrons. The van der Waals surface area contributed by atoms with Crippen molar-refractivity contribution in [3.8, 4) is 6.07 Å². The van der Waals surface area contributed by atoms with Crippen LogP contribution >= 0.6 is 8.73 Å². The second-order valence-corrected chi connectivity index (χ2v) is 12.2. The SMILES string of the molecule is CC(C)CCC#N.CCCCCCCCCCCCCC(=O)N1CCCC1.CPN(C(C)C)C(C)C. The Kier molecular flexibility index (Phi) is 28.5. The van der Waals surface area contributed by atoms with E-state index in [-0.39, 0.29) is 0 Å². The fourth-order valence-corrected chi connectivity index (χ4v) is 5.56. The van der Waals surface area contributed by atoms with Gasteiger partial charge in [0.25, 0.3) is 0 Å². The Morgan fingerprint density at radius 2 is 1.28 bits per heavy atom. The van der Waals surface area contributed by atoms with E-state index in [1.807, 2.05) is 0 Å². The van der Waals surface area contributed by atoms with Gasteiger partial charge in [0.1, 0.15) is 0 Å². The van der Waals surface area contributed by atoms with Gasteiger partial charge in [-0.25, -0.2) is 0 Å². The van der Waals surface area contributed by atoms with Crippen molar-refractivity contribution in [2.75, 3.05) is 19.8 Å². The first-order valence-electron chi connectivity index (χ1n) is 15.3. The minimum Gasteiger partial charge on any atom is -0.343 e. The smallest absolute Gasteiger partial charge is 0.222 e. The molecule has 0 saturated carbocycles. The minimum atomic E-state index is 0.401. The molecule has 1 heterocycles. The molecule has 1 atom stereocenters. The number of nitriles is 1. The van der Waals surface area contributed by atoms with Gasteiger partial charge in [0.15, 0.2) is 0 Å². The molecule has 0 spiro atoms. The number of rotatable bonds is 17. The van der Waals surface area contributed by atoms with E-state index in [0.29, 0.717) is 30.3 Å². The Labute approximate surface area is 229 Å². The van der Waals surface area contributed by atoms with Crippen LogP contribution in [0.4, 0.5) is 0 Å². The Bertz CT molecular complexity index is 502. The van der Waals surface area contributed by atoms with Gasteiger partial charge in [0.2, 0.25) is 5.91 Å². The lowest BCUT2D eigenvalue weighted by atomic mass is 10.1. The third-order valence-corrected chi connectivity index (χ3v) is 8.21. The van der Waals surface area contributed by atoms with Crippen LogP contribution in [0.5, 0.6) is 0 Å². The first kappa shape index (κ1) is 37.5. The quantitative estimate of drug-likeness (QED) is 0.140. The van der Waals surface area contributed by atoms with Gasteiger partial charge in [-0.15, -0.1) is 0 Å². The van der Waals surface area contributed by atoms with Crippen molar-refractivity contribution in [3.05, 3.63) is 0 Å². The average Bonchev–Trinajstić information content (AvgIpc) is 3.37. The first-order chi connectivity index (χ1) is 17.2. The van der Waals surface area contributed by atoms with Crippen LogP contribution < -0.4 is 0 Å². The number of amides is 1. The summed E-state index contributed by atoms with van der Waals surface area (Å²) >= 11 is 0. The Hall–Kier alpha value is -0.650. The van der Waals surface area contributed by atoms with Crippen LogP contribution in [0.25, 0.3) is 0 Å². The third-order valence-electron chi connectivity index (χ3n) is 6.66. The number of nitrogens with zero attached hydrogens (tertiary/aromatic N) is 3. The summed E-state index contributed by atoms with van der Waals surface area (Å²) in [5.74, 6) is 1.08. The number of carbonyl (C=O) groups is 1. The molecule has 0 bridgehead atoms. The molecule has 0 aliphatic carbocycles. The van der Waals surface area contributed by atoms with E-state index < -0.39 is 0 Å². The number of hydrogen-bond acceptors (Lipinski definition) is 3. The van der Waals surface area contributed by atoms with E-state index in [4.69, 9.17) is 5.26 Å². The van der Waals surface area contributed by atoms with Crippen LogP contribution in [0.15, 0.2) is 0 Å². The van der Waals surface area contributed by atoms with Crippen molar-refractivity contribution in [3.63, 3.8) is 0 Å². The van der Waals surface area contributed by atoms with Crippen LogP contribution in [-0.4, -0.2) is 47.3 Å². The number of likely N-dealkylation sites (tertiary alicyclic amines) is 1. The summed E-state index contributed by atoms with van der Waals surface area (Å²) in [6, 6.07) is 3.50. The largest absolute Gasteiger partial charge is 0.343 e. The summed E-state index contributed by atoms with van der Waals surface area (Å²) in [4.78, 5) is 13.9. The molecule has 1 aliphatic rings. The summed E-state index contributed by atoms with van der Waals surface area (Å²) in [6.07, 6.45) is 19.8. The standard InChI is InChI=1S/C18H35NO.C7H18NP.C6H11N/c1-2-3-4-5-6-7-8-9-10-11-12-15-18(20)19-16-13-14-17-19;1-6(2)8(9-5)7(3)4;1-6(2)4-3-5-7/h2-17H2,1H3;6-7,9H,1-5H3;6H,3-4H2,1-2H3. The Balaban J connectivity index is 0. The molecule has 1 amide bonds. The van der Waals surface area contributed by atoms with E-state index in [2.05, 4.69) is 70.8 Å². The maximum absolute atomic E-state index is 11.8. The monoisotopic (exact) mass is 525 g/mol. The van der Waals surface area contributed by atoms with Crippen molar-refractivity contribution in [2.24, 2.45) is 5.92 Å². The third kappa shape index (κ3) is 25.0. The van der Waals surface area contributed by atoms with Gasteiger partial charge >= 0.3 is 0 Å². The van der Waals surface area contributed by atoms with E-state index >= 15 is 0 Å². The van der Waals surface area contributed by atoms with Crippen LogP contribution in [0.2, 0.25) is 0 Å². The van der Waals surface area contributed by atoms with Crippen LogP contribution in [0.1, 0.15) is 151 Å². The van der Waals surface area contributed by atoms with Crippen LogP contribution in [0, 0.1) is 17.2 Å². The maximum atomic E-state index is 11.8. The van der Waals surface area contributed by atoms with Gasteiger partial charge in [-0.3, -0.25) is 9.46 Å². The van der Waals surface area contributed by atoms with Gasteiger partial charge in [0.05, 0.1) is 6.07 Å². The van der Waals surface area contributed by atoms with Crippen molar-refractivity contribution in [1.29, 1.82) is 5.26 Å². The number of hydrogen-bond donors (Lipinski definition) is 0. The van der Waals surface area contributed by atoms with E-state index in [1.54, 1.807) is 0 Å². The highest BCUT2D eigenvalue weighted by Crippen LogP contribution is 2.20. The molecule has 0 radical (unpaired) electrons. The Morgan fingerprint density at radius 1 is 0.833 bits per heavy atom. The van der Waals surface area contributed by atoms with Gasteiger partial charge in [-0.05, 0) is 66.0 Å². The van der Waals surface area contributed by atoms with E-state index in [1.165, 1.54) is 77.0 Å². The predicted octanol–water partition coefficient (Wildman–Crippen LogP) is 9.58. The number of unbranched alkanes of at least 4 members (excludes halogenated alkanes) is 10. The second-order valence-electron chi connectivity index (χ2n) is 11.3. The summed E-state index contributed by atoms with van der Waals surface area (Å²) in [5, 5.41) is 8.07. The molecule has 36 heavy (non-hydrogen) atoms. The molecular formula is C31H64N3OP. The summed E-state index contributed by atoms with van der Waals surface area (Å²) in [6.45, 7) is 19.8. The van der Waals surface area contributed by atoms with Crippen molar-refractivity contribution < 1.29 is 4.79 Å². The van der Waals surface area contributed by atoms with Gasteiger partial charge < -0.3 is 4.90 Å². The van der Waals surface area contributed by atoms with E-state index in [0.717, 1.165) is 41.1 Å². The van der Waals surface area contributed by atoms with Crippen molar-refractivity contribution in [1.82, 2.24) is 9.57 Å². The normalized spacial score (nSPS) is 13.4. The lowest BCUT2D eigenvalue weighted by Gasteiger charge is -2.28. The molecule has 0 aromatic carbocycles. The molecule has 1 saturated heterocycles. The summed E-state index contributed by atoms with van der Waals surface area (Å²) < 4.78 is 2.49. The molecule has 1 aliphatic heterocycles. The highest BCUT2D eigenvalue weighted by atomic mass is 31.1. The molecule has 0 aromatic heterocycles. The summed E-state index contributed by atoms with van der Waals surface area (Å²) in [5.41, 5.74) is 0. The van der Waals surface area contributed by atoms with Gasteiger partial charge in [-0.2, -0.15) is 5.26 Å². The van der Waals surface area contributed by atoms with E-state index in [9.17, 15) is 4.79 Å². The molecular weight excluding hydrogens is 461 g/mol. The lowest BCUT2D eigenvalue weighted by Crippen LogP contribution is -2.28. The molecule has 1 rings (SSSR count). The first-order valence-corrected chi connectivity index (χ1v) is 16.8. The zero-order valence-electron chi connectivity index (χ0n) is 25.7. The van der Waals surface area contributed by atoms with Crippen molar-refractivity contribution in [2.45, 2.75) is 163 Å². The van der Waals surface area contributed by atoms with Crippen LogP contribution in [0.3, 0.4) is 0 Å². The highest BCUT2D eigenvalue weighted by Gasteiger charge is 2.16. The predicted molar refractivity (Wildman–Crippen MR) is 163 cm³/mol. The summed E-state index contributed by atoms with van der Waals surface area (Å²) in [7, 11) is 0.943. The topological polar surface area (TPSA) is 47.3 Å². The van der Waals surface area contributed by atoms with Gasteiger partial charge in [0, 0.05) is 38.0 Å². The molecule has 1 fully saturated rings. The maximum Gasteiger partial charge on any atom is 0.222 e. The van der Waals surface area contributed by atoms with Crippen LogP contribution in [-0.2, 0) is 4.79 Å². The molecule has 4 nitrogen and oxygen atoms in total. The Morgan fingerprint density at radius 3 is 1.58 bits per heavy atom. The lowest BCUT2D eigenvalue weighted by molar-refractivity contribution is -0.130. The zero-order valence-corrected chi connectivity index (χ0v) is 26.7. The zero-order chi connectivity index (χ0) is 27.6. The molecule has 1 unspecified atom stereocenters.